The third-order valence-corrected chi connectivity index (χ3v) is 5.17. The molecule has 3 heterocycles. The van der Waals surface area contributed by atoms with E-state index in [-0.39, 0.29) is 12.0 Å². The van der Waals surface area contributed by atoms with Crippen molar-refractivity contribution in [3.63, 3.8) is 0 Å². The molecule has 1 aliphatic heterocycles. The van der Waals surface area contributed by atoms with Gasteiger partial charge < -0.3 is 5.11 Å². The zero-order valence-corrected chi connectivity index (χ0v) is 15.0. The molecule has 5 nitrogen and oxygen atoms in total. The lowest BCUT2D eigenvalue weighted by atomic mass is 9.94. The average Bonchev–Trinajstić information content (AvgIpc) is 3.01. The molecule has 2 aromatic heterocycles. The summed E-state index contributed by atoms with van der Waals surface area (Å²) in [4.78, 5) is 15.6. The van der Waals surface area contributed by atoms with Gasteiger partial charge >= 0.3 is 0 Å². The van der Waals surface area contributed by atoms with Crippen LogP contribution in [0, 0.1) is 5.92 Å². The molecule has 0 aliphatic carbocycles. The lowest BCUT2D eigenvalue weighted by Crippen LogP contribution is -2.22. The number of β-amino-alcohol motifs (C(OH)–C–C–N with tert-alkyl or cyclic N) is 1. The van der Waals surface area contributed by atoms with Crippen molar-refractivity contribution in [2.75, 3.05) is 13.1 Å². The quantitative estimate of drug-likeness (QED) is 0.768. The maximum atomic E-state index is 10.6. The van der Waals surface area contributed by atoms with Crippen molar-refractivity contribution in [1.29, 1.82) is 0 Å². The van der Waals surface area contributed by atoms with Gasteiger partial charge in [0.15, 0.2) is 0 Å². The first kappa shape index (κ1) is 17.1. The molecular weight excluding hydrogens is 324 g/mol. The van der Waals surface area contributed by atoms with Crippen LogP contribution in [0.15, 0.2) is 48.8 Å². The number of aryl methyl sites for hydroxylation is 1. The summed E-state index contributed by atoms with van der Waals surface area (Å²) in [5.74, 6) is 1.11. The molecule has 0 saturated carbocycles. The third kappa shape index (κ3) is 3.59. The van der Waals surface area contributed by atoms with Crippen molar-refractivity contribution in [2.45, 2.75) is 32.4 Å². The van der Waals surface area contributed by atoms with E-state index in [0.717, 1.165) is 43.0 Å². The first-order valence-corrected chi connectivity index (χ1v) is 9.26. The number of aromatic nitrogens is 3. The minimum absolute atomic E-state index is 0.230. The Morgan fingerprint density at radius 1 is 1.08 bits per heavy atom. The van der Waals surface area contributed by atoms with Crippen LogP contribution in [0.4, 0.5) is 0 Å². The van der Waals surface area contributed by atoms with Gasteiger partial charge in [-0.2, -0.15) is 0 Å². The Bertz CT molecular complexity index is 893. The number of nitrogens with zero attached hydrogens (tertiary/aromatic N) is 4. The highest BCUT2D eigenvalue weighted by Crippen LogP contribution is 2.26. The van der Waals surface area contributed by atoms with E-state index in [9.17, 15) is 5.11 Å². The molecule has 1 N–H and O–H groups in total. The van der Waals surface area contributed by atoms with Gasteiger partial charge in [0.1, 0.15) is 5.82 Å². The van der Waals surface area contributed by atoms with Gasteiger partial charge in [0.2, 0.25) is 0 Å². The number of aliphatic hydroxyl groups excluding tert-OH is 1. The molecule has 0 spiro atoms. The van der Waals surface area contributed by atoms with Crippen LogP contribution >= 0.6 is 0 Å². The van der Waals surface area contributed by atoms with Crippen LogP contribution in [-0.4, -0.2) is 44.2 Å². The summed E-state index contributed by atoms with van der Waals surface area (Å²) in [6.07, 6.45) is 5.09. The van der Waals surface area contributed by atoms with Gasteiger partial charge in [0.25, 0.3) is 0 Å². The number of rotatable bonds is 5. The fourth-order valence-electron chi connectivity index (χ4n) is 3.82. The first-order valence-electron chi connectivity index (χ1n) is 9.26. The summed E-state index contributed by atoms with van der Waals surface area (Å²) in [6, 6.07) is 12.3. The number of pyridine rings is 1. The minimum Gasteiger partial charge on any atom is -0.391 e. The number of likely N-dealkylation sites (tertiary alicyclic amines) is 1. The van der Waals surface area contributed by atoms with Gasteiger partial charge in [0, 0.05) is 49.8 Å². The molecule has 1 aliphatic rings. The van der Waals surface area contributed by atoms with Crippen molar-refractivity contribution >= 4 is 10.9 Å². The van der Waals surface area contributed by atoms with Gasteiger partial charge in [-0.1, -0.05) is 25.1 Å². The Labute approximate surface area is 153 Å². The molecule has 1 aromatic carbocycles. The van der Waals surface area contributed by atoms with Crippen LogP contribution in [0.1, 0.15) is 24.0 Å². The maximum Gasteiger partial charge on any atom is 0.128 e. The van der Waals surface area contributed by atoms with Crippen LogP contribution in [0.3, 0.4) is 0 Å². The molecule has 1 saturated heterocycles. The molecule has 5 heteroatoms. The minimum atomic E-state index is -0.311. The highest BCUT2D eigenvalue weighted by molar-refractivity contribution is 5.81. The second-order valence-electron chi connectivity index (χ2n) is 7.03. The number of aliphatic hydroxyl groups is 1. The van der Waals surface area contributed by atoms with Crippen LogP contribution in [0.5, 0.6) is 0 Å². The number of para-hydroxylation sites is 1. The Morgan fingerprint density at radius 2 is 1.92 bits per heavy atom. The molecular formula is C21H24N4O. The van der Waals surface area contributed by atoms with E-state index in [1.165, 1.54) is 10.9 Å². The fraction of sp³-hybridized carbons (Fsp3) is 0.381. The highest BCUT2D eigenvalue weighted by atomic mass is 16.3. The van der Waals surface area contributed by atoms with E-state index in [0.29, 0.717) is 6.54 Å². The van der Waals surface area contributed by atoms with Crippen LogP contribution < -0.4 is 0 Å². The highest BCUT2D eigenvalue weighted by Gasteiger charge is 2.31. The normalized spacial score (nSPS) is 20.7. The Morgan fingerprint density at radius 3 is 2.81 bits per heavy atom. The van der Waals surface area contributed by atoms with Crippen LogP contribution in [-0.2, 0) is 19.4 Å². The first-order chi connectivity index (χ1) is 12.7. The van der Waals surface area contributed by atoms with Gasteiger partial charge in [-0.3, -0.25) is 9.88 Å². The molecule has 1 fully saturated rings. The molecule has 0 radical (unpaired) electrons. The monoisotopic (exact) mass is 348 g/mol. The second-order valence-corrected chi connectivity index (χ2v) is 7.03. The van der Waals surface area contributed by atoms with Crippen molar-refractivity contribution in [1.82, 2.24) is 19.9 Å². The van der Waals surface area contributed by atoms with Crippen molar-refractivity contribution < 1.29 is 5.11 Å². The van der Waals surface area contributed by atoms with Crippen molar-refractivity contribution in [3.05, 3.63) is 65.9 Å². The van der Waals surface area contributed by atoms with E-state index in [2.05, 4.69) is 38.9 Å². The second kappa shape index (κ2) is 7.48. The lowest BCUT2D eigenvalue weighted by Gasteiger charge is -2.16. The lowest BCUT2D eigenvalue weighted by molar-refractivity contribution is 0.141. The average molecular weight is 348 g/mol. The third-order valence-electron chi connectivity index (χ3n) is 5.17. The maximum absolute atomic E-state index is 10.6. The standard InChI is InChI=1S/C21H24N4O/c1-2-21-23-10-8-17(24-21)13-25-12-16(20(26)14-25)11-15-7-9-22-19-6-4-3-5-18(15)19/h3-10,16,20,26H,2,11-14H2,1H3/t16-,20-/m1/s1. The summed E-state index contributed by atoms with van der Waals surface area (Å²) in [5.41, 5.74) is 3.30. The number of hydrogen-bond acceptors (Lipinski definition) is 5. The van der Waals surface area contributed by atoms with Crippen LogP contribution in [0.25, 0.3) is 10.9 Å². The van der Waals surface area contributed by atoms with Gasteiger partial charge in [0.05, 0.1) is 17.3 Å². The molecule has 0 unspecified atom stereocenters. The van der Waals surface area contributed by atoms with Crippen LogP contribution in [0.2, 0.25) is 0 Å². The molecule has 4 rings (SSSR count). The summed E-state index contributed by atoms with van der Waals surface area (Å²) in [5, 5.41) is 11.8. The van der Waals surface area contributed by atoms with Gasteiger partial charge in [-0.15, -0.1) is 0 Å². The summed E-state index contributed by atoms with van der Waals surface area (Å²) in [6.45, 7) is 4.40. The summed E-state index contributed by atoms with van der Waals surface area (Å²) < 4.78 is 0. The molecule has 2 atom stereocenters. The van der Waals surface area contributed by atoms with E-state index in [1.54, 1.807) is 0 Å². The topological polar surface area (TPSA) is 62.1 Å². The summed E-state index contributed by atoms with van der Waals surface area (Å²) in [7, 11) is 0. The smallest absolute Gasteiger partial charge is 0.128 e. The molecule has 26 heavy (non-hydrogen) atoms. The number of hydrogen-bond donors (Lipinski definition) is 1. The molecule has 3 aromatic rings. The largest absolute Gasteiger partial charge is 0.391 e. The predicted octanol–water partition coefficient (Wildman–Crippen LogP) is 2.62. The fourth-order valence-corrected chi connectivity index (χ4v) is 3.82. The Balaban J connectivity index is 1.46. The molecule has 134 valence electrons. The van der Waals surface area contributed by atoms with Gasteiger partial charge in [-0.25, -0.2) is 9.97 Å². The summed E-state index contributed by atoms with van der Waals surface area (Å²) >= 11 is 0. The van der Waals surface area contributed by atoms with E-state index in [4.69, 9.17) is 0 Å². The van der Waals surface area contributed by atoms with Crippen molar-refractivity contribution in [2.24, 2.45) is 5.92 Å². The zero-order valence-electron chi connectivity index (χ0n) is 15.0. The van der Waals surface area contributed by atoms with E-state index < -0.39 is 0 Å². The van der Waals surface area contributed by atoms with Gasteiger partial charge in [-0.05, 0) is 30.2 Å². The molecule has 0 amide bonds. The number of fused-ring (bicyclic) bond motifs is 1. The van der Waals surface area contributed by atoms with E-state index in [1.807, 2.05) is 36.7 Å². The SMILES string of the molecule is CCc1nccc(CN2C[C@@H](Cc3ccnc4ccccc34)[C@H](O)C2)n1. The predicted molar refractivity (Wildman–Crippen MR) is 102 cm³/mol. The Hall–Kier alpha value is -2.37. The molecule has 0 bridgehead atoms. The zero-order chi connectivity index (χ0) is 17.9. The Kier molecular flexibility index (Phi) is 4.91. The van der Waals surface area contributed by atoms with E-state index >= 15 is 0 Å². The number of benzene rings is 1. The van der Waals surface area contributed by atoms with Crippen molar-refractivity contribution in [3.8, 4) is 0 Å².